The van der Waals surface area contributed by atoms with Crippen LogP contribution in [-0.4, -0.2) is 35.9 Å². The van der Waals surface area contributed by atoms with E-state index >= 15 is 0 Å². The number of anilines is 1. The molecule has 18 heavy (non-hydrogen) atoms. The molecule has 0 amide bonds. The Labute approximate surface area is 109 Å². The van der Waals surface area contributed by atoms with Crippen molar-refractivity contribution in [3.05, 3.63) is 23.9 Å². The number of hydrogen-bond acceptors (Lipinski definition) is 4. The molecule has 0 bridgehead atoms. The lowest BCUT2D eigenvalue weighted by Crippen LogP contribution is -2.47. The van der Waals surface area contributed by atoms with Gasteiger partial charge in [0.1, 0.15) is 5.82 Å². The van der Waals surface area contributed by atoms with Gasteiger partial charge in [0.2, 0.25) is 0 Å². The Morgan fingerprint density at radius 1 is 1.56 bits per heavy atom. The van der Waals surface area contributed by atoms with Crippen LogP contribution in [0.25, 0.3) is 0 Å². The van der Waals surface area contributed by atoms with Crippen LogP contribution in [0.2, 0.25) is 0 Å². The number of nitrogens with zero attached hydrogens (tertiary/aromatic N) is 2. The number of aliphatic hydroxyl groups is 1. The molecule has 2 atom stereocenters. The Morgan fingerprint density at radius 3 is 3.00 bits per heavy atom. The van der Waals surface area contributed by atoms with Gasteiger partial charge in [-0.15, -0.1) is 0 Å². The quantitative estimate of drug-likeness (QED) is 0.892. The van der Waals surface area contributed by atoms with Crippen LogP contribution in [0, 0.1) is 0 Å². The number of piperidine rings is 1. The molecule has 2 unspecified atom stereocenters. The number of hydrogen-bond donors (Lipinski definition) is 1. The number of pyridine rings is 1. The van der Waals surface area contributed by atoms with Gasteiger partial charge in [0.05, 0.1) is 11.7 Å². The van der Waals surface area contributed by atoms with E-state index < -0.39 is 6.10 Å². The molecule has 0 aliphatic carbocycles. The largest absolute Gasteiger partial charge is 0.389 e. The van der Waals surface area contributed by atoms with Gasteiger partial charge in [-0.2, -0.15) is 0 Å². The zero-order valence-corrected chi connectivity index (χ0v) is 11.4. The predicted octanol–water partition coefficient (Wildman–Crippen LogP) is 2.14. The Kier molecular flexibility index (Phi) is 3.88. The van der Waals surface area contributed by atoms with Gasteiger partial charge in [0.25, 0.3) is 0 Å². The van der Waals surface area contributed by atoms with E-state index in [9.17, 15) is 5.11 Å². The monoisotopic (exact) mass is 250 g/mol. The van der Waals surface area contributed by atoms with E-state index in [4.69, 9.17) is 4.74 Å². The molecule has 2 heterocycles. The molecule has 1 aromatic heterocycles. The van der Waals surface area contributed by atoms with Crippen LogP contribution in [0.3, 0.4) is 0 Å². The summed E-state index contributed by atoms with van der Waals surface area (Å²) in [5.74, 6) is 0.927. The van der Waals surface area contributed by atoms with Crippen LogP contribution in [0.5, 0.6) is 0 Å². The second-order valence-electron chi connectivity index (χ2n) is 5.30. The summed E-state index contributed by atoms with van der Waals surface area (Å²) < 4.78 is 5.59. The second-order valence-corrected chi connectivity index (χ2v) is 5.30. The number of aromatic nitrogens is 1. The zero-order chi connectivity index (χ0) is 13.2. The number of methoxy groups -OCH3 is 1. The third-order valence-corrected chi connectivity index (χ3v) is 3.73. The van der Waals surface area contributed by atoms with E-state index in [2.05, 4.69) is 16.8 Å². The molecule has 1 aliphatic heterocycles. The highest BCUT2D eigenvalue weighted by Gasteiger charge is 2.31. The second kappa shape index (κ2) is 5.24. The Morgan fingerprint density at radius 2 is 2.33 bits per heavy atom. The summed E-state index contributed by atoms with van der Waals surface area (Å²) in [6.07, 6.45) is 3.49. The Bertz CT molecular complexity index is 409. The van der Waals surface area contributed by atoms with Crippen LogP contribution >= 0.6 is 0 Å². The van der Waals surface area contributed by atoms with Crippen LogP contribution < -0.4 is 4.90 Å². The van der Waals surface area contributed by atoms with Crippen molar-refractivity contribution < 1.29 is 9.84 Å². The highest BCUT2D eigenvalue weighted by Crippen LogP contribution is 2.28. The molecule has 0 saturated carbocycles. The van der Waals surface area contributed by atoms with Gasteiger partial charge in [-0.1, -0.05) is 0 Å². The van der Waals surface area contributed by atoms with Crippen molar-refractivity contribution in [2.24, 2.45) is 0 Å². The lowest BCUT2D eigenvalue weighted by atomic mass is 9.94. The zero-order valence-electron chi connectivity index (χ0n) is 11.4. The van der Waals surface area contributed by atoms with Gasteiger partial charge in [-0.05, 0) is 44.4 Å². The summed E-state index contributed by atoms with van der Waals surface area (Å²) in [4.78, 5) is 6.64. The van der Waals surface area contributed by atoms with Crippen molar-refractivity contribution in [3.8, 4) is 0 Å². The maximum absolute atomic E-state index is 9.62. The normalized spacial score (nSPS) is 26.1. The Hall–Kier alpha value is -1.13. The minimum Gasteiger partial charge on any atom is -0.389 e. The Balaban J connectivity index is 2.18. The van der Waals surface area contributed by atoms with Crippen LogP contribution in [-0.2, 0) is 4.74 Å². The molecular weight excluding hydrogens is 228 g/mol. The summed E-state index contributed by atoms with van der Waals surface area (Å²) in [6.45, 7) is 5.75. The topological polar surface area (TPSA) is 45.6 Å². The number of aliphatic hydroxyl groups excluding tert-OH is 1. The molecule has 0 spiro atoms. The van der Waals surface area contributed by atoms with E-state index in [1.165, 1.54) is 0 Å². The average Bonchev–Trinajstić information content (AvgIpc) is 2.39. The number of rotatable bonds is 3. The molecule has 100 valence electrons. The smallest absolute Gasteiger partial charge is 0.128 e. The average molecular weight is 250 g/mol. The SMILES string of the molecule is COC1(C)CCCN(c2cc(C(C)O)ccn2)C1. The summed E-state index contributed by atoms with van der Waals surface area (Å²) in [5.41, 5.74) is 0.811. The molecular formula is C14H22N2O2. The first kappa shape index (κ1) is 13.3. The molecule has 4 nitrogen and oxygen atoms in total. The van der Waals surface area contributed by atoms with Gasteiger partial charge < -0.3 is 14.7 Å². The van der Waals surface area contributed by atoms with Crippen LogP contribution in [0.15, 0.2) is 18.3 Å². The van der Waals surface area contributed by atoms with Crippen molar-refractivity contribution in [1.29, 1.82) is 0 Å². The van der Waals surface area contributed by atoms with Crippen molar-refractivity contribution in [2.75, 3.05) is 25.1 Å². The molecule has 1 aromatic rings. The summed E-state index contributed by atoms with van der Waals surface area (Å²) >= 11 is 0. The summed E-state index contributed by atoms with van der Waals surface area (Å²) in [6, 6.07) is 3.82. The first-order valence-electron chi connectivity index (χ1n) is 6.48. The third kappa shape index (κ3) is 2.82. The fourth-order valence-electron chi connectivity index (χ4n) is 2.43. The first-order chi connectivity index (χ1) is 8.54. The minimum absolute atomic E-state index is 0.0965. The third-order valence-electron chi connectivity index (χ3n) is 3.73. The van der Waals surface area contributed by atoms with E-state index in [1.54, 1.807) is 20.2 Å². The maximum Gasteiger partial charge on any atom is 0.128 e. The van der Waals surface area contributed by atoms with Gasteiger partial charge in [-0.25, -0.2) is 4.98 Å². The minimum atomic E-state index is -0.453. The fourth-order valence-corrected chi connectivity index (χ4v) is 2.43. The highest BCUT2D eigenvalue weighted by molar-refractivity contribution is 5.42. The highest BCUT2D eigenvalue weighted by atomic mass is 16.5. The van der Waals surface area contributed by atoms with Crippen molar-refractivity contribution in [1.82, 2.24) is 4.98 Å². The summed E-state index contributed by atoms with van der Waals surface area (Å²) in [5, 5.41) is 9.62. The maximum atomic E-state index is 9.62. The van der Waals surface area contributed by atoms with Gasteiger partial charge in [0, 0.05) is 26.4 Å². The molecule has 4 heteroatoms. The molecule has 0 aromatic carbocycles. The molecule has 1 N–H and O–H groups in total. The molecule has 2 rings (SSSR count). The number of ether oxygens (including phenoxy) is 1. The van der Waals surface area contributed by atoms with Crippen molar-refractivity contribution in [3.63, 3.8) is 0 Å². The lowest BCUT2D eigenvalue weighted by Gasteiger charge is -2.40. The van der Waals surface area contributed by atoms with Gasteiger partial charge in [0.15, 0.2) is 0 Å². The first-order valence-corrected chi connectivity index (χ1v) is 6.48. The van der Waals surface area contributed by atoms with Crippen molar-refractivity contribution in [2.45, 2.75) is 38.4 Å². The predicted molar refractivity (Wildman–Crippen MR) is 71.7 cm³/mol. The van der Waals surface area contributed by atoms with Gasteiger partial charge >= 0.3 is 0 Å². The van der Waals surface area contributed by atoms with Gasteiger partial charge in [-0.3, -0.25) is 0 Å². The summed E-state index contributed by atoms with van der Waals surface area (Å²) in [7, 11) is 1.77. The molecule has 0 radical (unpaired) electrons. The van der Waals surface area contributed by atoms with E-state index in [0.29, 0.717) is 0 Å². The molecule has 1 saturated heterocycles. The van der Waals surface area contributed by atoms with Crippen LogP contribution in [0.4, 0.5) is 5.82 Å². The van der Waals surface area contributed by atoms with E-state index in [0.717, 1.165) is 37.3 Å². The van der Waals surface area contributed by atoms with Crippen LogP contribution in [0.1, 0.15) is 38.4 Å². The van der Waals surface area contributed by atoms with Crippen molar-refractivity contribution >= 4 is 5.82 Å². The molecule has 1 aliphatic rings. The lowest BCUT2D eigenvalue weighted by molar-refractivity contribution is -0.00482. The molecule has 1 fully saturated rings. The van der Waals surface area contributed by atoms with E-state index in [1.807, 2.05) is 12.1 Å². The van der Waals surface area contributed by atoms with E-state index in [-0.39, 0.29) is 5.60 Å². The fraction of sp³-hybridized carbons (Fsp3) is 0.643. The standard InChI is InChI=1S/C14H22N2O2/c1-11(17)12-5-7-15-13(9-12)16-8-4-6-14(2,10-16)18-3/h5,7,9,11,17H,4,6,8,10H2,1-3H3.